The van der Waals surface area contributed by atoms with Gasteiger partial charge in [0.2, 0.25) is 11.9 Å². The standard InChI is InChI=1S/C36H28F3N7O3/c37-36(38,39)27-15-9-14-26(18-27)21-44-29-17-8-7-16-28(29)41-34(44)42-30(47)22-46-33(48)31-32(40-23-43(31)19-24-10-3-1-4-11-24)45(35(46)49)20-25-12-5-2-6-13-25/h1-18,23H,19-22H2,(H,41,42,47). The topological polar surface area (TPSA) is 109 Å². The van der Waals surface area contributed by atoms with Gasteiger partial charge in [-0.25, -0.2) is 19.3 Å². The van der Waals surface area contributed by atoms with Gasteiger partial charge < -0.3 is 9.13 Å². The first-order chi connectivity index (χ1) is 23.7. The Balaban J connectivity index is 1.26. The minimum atomic E-state index is -4.53. The van der Waals surface area contributed by atoms with E-state index in [4.69, 9.17) is 0 Å². The molecule has 4 aromatic carbocycles. The van der Waals surface area contributed by atoms with E-state index in [0.717, 1.165) is 27.8 Å². The number of nitrogens with one attached hydrogen (secondary N) is 1. The fourth-order valence-corrected chi connectivity index (χ4v) is 5.85. The van der Waals surface area contributed by atoms with Gasteiger partial charge in [0.05, 0.1) is 36.0 Å². The number of fused-ring (bicyclic) bond motifs is 2. The summed E-state index contributed by atoms with van der Waals surface area (Å²) in [6.07, 6.45) is -3.02. The predicted molar refractivity (Wildman–Crippen MR) is 178 cm³/mol. The van der Waals surface area contributed by atoms with Crippen LogP contribution in [0.2, 0.25) is 0 Å². The van der Waals surface area contributed by atoms with Gasteiger partial charge in [0.1, 0.15) is 6.54 Å². The van der Waals surface area contributed by atoms with Crippen molar-refractivity contribution < 1.29 is 18.0 Å². The normalized spacial score (nSPS) is 11.7. The van der Waals surface area contributed by atoms with Crippen LogP contribution in [0.25, 0.3) is 22.2 Å². The number of benzene rings is 4. The summed E-state index contributed by atoms with van der Waals surface area (Å²) < 4.78 is 45.8. The second-order valence-corrected chi connectivity index (χ2v) is 11.5. The third kappa shape index (κ3) is 6.38. The highest BCUT2D eigenvalue weighted by molar-refractivity contribution is 5.91. The summed E-state index contributed by atoms with van der Waals surface area (Å²) in [5.74, 6) is -0.670. The number of para-hydroxylation sites is 2. The molecule has 3 heterocycles. The van der Waals surface area contributed by atoms with Gasteiger partial charge >= 0.3 is 11.9 Å². The fraction of sp³-hybridized carbons (Fsp3) is 0.139. The Bertz CT molecular complexity index is 2430. The summed E-state index contributed by atoms with van der Waals surface area (Å²) in [5, 5.41) is 2.69. The molecular weight excluding hydrogens is 635 g/mol. The lowest BCUT2D eigenvalue weighted by molar-refractivity contribution is -0.137. The Hall–Kier alpha value is -6.24. The van der Waals surface area contributed by atoms with Crippen LogP contribution in [0.3, 0.4) is 0 Å². The van der Waals surface area contributed by atoms with E-state index in [-0.39, 0.29) is 30.2 Å². The third-order valence-electron chi connectivity index (χ3n) is 8.17. The Morgan fingerprint density at radius 1 is 0.714 bits per heavy atom. The maximum atomic E-state index is 14.0. The van der Waals surface area contributed by atoms with Crippen LogP contribution in [-0.4, -0.2) is 34.1 Å². The molecule has 0 atom stereocenters. The molecule has 13 heteroatoms. The molecule has 1 amide bonds. The Labute approximate surface area is 276 Å². The van der Waals surface area contributed by atoms with E-state index in [1.54, 1.807) is 39.5 Å². The summed E-state index contributed by atoms with van der Waals surface area (Å²) in [4.78, 5) is 50.5. The van der Waals surface area contributed by atoms with Gasteiger partial charge in [-0.15, -0.1) is 0 Å². The molecule has 49 heavy (non-hydrogen) atoms. The second kappa shape index (κ2) is 12.8. The van der Waals surface area contributed by atoms with Gasteiger partial charge in [-0.2, -0.15) is 13.2 Å². The van der Waals surface area contributed by atoms with Crippen LogP contribution in [0.4, 0.5) is 19.1 Å². The number of halogens is 3. The smallest absolute Gasteiger partial charge is 0.320 e. The SMILES string of the molecule is O=C(Cn1c(=O)c2c(ncn2Cc2ccccc2)n(Cc2ccccc2)c1=O)Nc1nc2ccccc2n1Cc1cccc(C(F)(F)F)c1. The second-order valence-electron chi connectivity index (χ2n) is 11.5. The Morgan fingerprint density at radius 3 is 2.06 bits per heavy atom. The fourth-order valence-electron chi connectivity index (χ4n) is 5.85. The average Bonchev–Trinajstić information content (AvgIpc) is 3.66. The number of imidazole rings is 2. The lowest BCUT2D eigenvalue weighted by Gasteiger charge is -2.14. The molecule has 0 radical (unpaired) electrons. The zero-order valence-corrected chi connectivity index (χ0v) is 25.8. The molecule has 10 nitrogen and oxygen atoms in total. The average molecular weight is 664 g/mol. The van der Waals surface area contributed by atoms with Crippen LogP contribution in [0.15, 0.2) is 125 Å². The van der Waals surface area contributed by atoms with E-state index in [0.29, 0.717) is 23.1 Å². The minimum Gasteiger partial charge on any atom is -0.320 e. The lowest BCUT2D eigenvalue weighted by atomic mass is 10.1. The van der Waals surface area contributed by atoms with E-state index < -0.39 is 35.4 Å². The van der Waals surface area contributed by atoms with Crippen molar-refractivity contribution in [1.82, 2.24) is 28.2 Å². The van der Waals surface area contributed by atoms with Crippen molar-refractivity contribution >= 4 is 34.1 Å². The molecule has 1 N–H and O–H groups in total. The van der Waals surface area contributed by atoms with E-state index in [2.05, 4.69) is 15.3 Å². The molecule has 0 saturated carbocycles. The molecular formula is C36H28F3N7O3. The molecule has 7 aromatic rings. The molecule has 0 unspecified atom stereocenters. The monoisotopic (exact) mass is 663 g/mol. The zero-order chi connectivity index (χ0) is 34.1. The Morgan fingerprint density at radius 2 is 1.35 bits per heavy atom. The molecule has 0 aliphatic carbocycles. The van der Waals surface area contributed by atoms with Gasteiger partial charge in [0, 0.05) is 6.54 Å². The molecule has 0 aliphatic rings. The molecule has 246 valence electrons. The molecule has 0 saturated heterocycles. The van der Waals surface area contributed by atoms with Crippen molar-refractivity contribution in [1.29, 1.82) is 0 Å². The third-order valence-corrected chi connectivity index (χ3v) is 8.17. The van der Waals surface area contributed by atoms with Gasteiger partial charge in [-0.3, -0.25) is 19.5 Å². The zero-order valence-electron chi connectivity index (χ0n) is 25.8. The molecule has 0 bridgehead atoms. The number of anilines is 1. The van der Waals surface area contributed by atoms with Crippen molar-refractivity contribution in [2.45, 2.75) is 32.4 Å². The van der Waals surface area contributed by atoms with E-state index >= 15 is 0 Å². The van der Waals surface area contributed by atoms with Crippen LogP contribution in [-0.2, 0) is 37.1 Å². The lowest BCUT2D eigenvalue weighted by Crippen LogP contribution is -2.43. The van der Waals surface area contributed by atoms with Crippen LogP contribution in [0, 0.1) is 0 Å². The molecule has 0 aliphatic heterocycles. The number of nitrogens with zero attached hydrogens (tertiary/aromatic N) is 6. The largest absolute Gasteiger partial charge is 0.416 e. The van der Waals surface area contributed by atoms with E-state index in [9.17, 15) is 27.6 Å². The van der Waals surface area contributed by atoms with Crippen molar-refractivity contribution in [2.75, 3.05) is 5.32 Å². The number of hydrogen-bond acceptors (Lipinski definition) is 5. The summed E-state index contributed by atoms with van der Waals surface area (Å²) in [7, 11) is 0. The number of amides is 1. The Kier molecular flexibility index (Phi) is 8.16. The van der Waals surface area contributed by atoms with E-state index in [1.165, 1.54) is 17.0 Å². The quantitative estimate of drug-likeness (QED) is 0.219. The minimum absolute atomic E-state index is 0.0332. The maximum Gasteiger partial charge on any atom is 0.416 e. The predicted octanol–water partition coefficient (Wildman–Crippen LogP) is 5.51. The van der Waals surface area contributed by atoms with Crippen LogP contribution >= 0.6 is 0 Å². The van der Waals surface area contributed by atoms with E-state index in [1.807, 2.05) is 60.7 Å². The molecule has 7 rings (SSSR count). The van der Waals surface area contributed by atoms with Crippen LogP contribution in [0.5, 0.6) is 0 Å². The highest BCUT2D eigenvalue weighted by atomic mass is 19.4. The number of carbonyl (C=O) groups excluding carboxylic acids is 1. The number of aromatic nitrogens is 6. The van der Waals surface area contributed by atoms with Gasteiger partial charge in [-0.05, 0) is 41.0 Å². The molecule has 0 spiro atoms. The van der Waals surface area contributed by atoms with Crippen LogP contribution < -0.4 is 16.6 Å². The van der Waals surface area contributed by atoms with Crippen molar-refractivity contribution in [3.8, 4) is 0 Å². The summed E-state index contributed by atoms with van der Waals surface area (Å²) >= 11 is 0. The first-order valence-corrected chi connectivity index (χ1v) is 15.3. The summed E-state index contributed by atoms with van der Waals surface area (Å²) in [5.41, 5.74) is 1.25. The number of alkyl halides is 3. The van der Waals surface area contributed by atoms with Crippen LogP contribution in [0.1, 0.15) is 22.3 Å². The number of carbonyl (C=O) groups is 1. The van der Waals surface area contributed by atoms with Gasteiger partial charge in [0.25, 0.3) is 5.56 Å². The number of hydrogen-bond donors (Lipinski definition) is 1. The summed E-state index contributed by atoms with van der Waals surface area (Å²) in [6.45, 7) is -0.269. The maximum absolute atomic E-state index is 14.0. The summed E-state index contributed by atoms with van der Waals surface area (Å²) in [6, 6.07) is 30.5. The molecule has 0 fully saturated rings. The highest BCUT2D eigenvalue weighted by Gasteiger charge is 2.30. The van der Waals surface area contributed by atoms with Crippen molar-refractivity contribution in [3.63, 3.8) is 0 Å². The highest BCUT2D eigenvalue weighted by Crippen LogP contribution is 2.30. The van der Waals surface area contributed by atoms with Crippen molar-refractivity contribution in [2.24, 2.45) is 0 Å². The molecule has 3 aromatic heterocycles. The van der Waals surface area contributed by atoms with Crippen molar-refractivity contribution in [3.05, 3.63) is 159 Å². The van der Waals surface area contributed by atoms with Gasteiger partial charge in [-0.1, -0.05) is 84.9 Å². The first kappa shape index (κ1) is 31.4. The van der Waals surface area contributed by atoms with Gasteiger partial charge in [0.15, 0.2) is 11.2 Å². The first-order valence-electron chi connectivity index (χ1n) is 15.3. The number of rotatable bonds is 9.